The molecule has 0 radical (unpaired) electrons. The van der Waals surface area contributed by atoms with Crippen LogP contribution in [0.15, 0.2) is 60.7 Å². The van der Waals surface area contributed by atoms with Crippen LogP contribution in [-0.2, 0) is 21.5 Å². The Kier molecular flexibility index (Phi) is 6.02. The molecule has 4 aromatic rings. The highest BCUT2D eigenvalue weighted by Crippen LogP contribution is 2.65. The minimum atomic E-state index is -0.511. The minimum absolute atomic E-state index is 0.0777. The van der Waals surface area contributed by atoms with Crippen molar-refractivity contribution in [2.45, 2.75) is 50.4 Å². The third-order valence-corrected chi connectivity index (χ3v) is 8.63. The number of nitrogens with one attached hydrogen (secondary N) is 2. The third kappa shape index (κ3) is 4.30. The van der Waals surface area contributed by atoms with E-state index in [1.54, 1.807) is 7.11 Å². The molecule has 7 nitrogen and oxygen atoms in total. The molecular weight excluding hydrogens is 500 g/mol. The van der Waals surface area contributed by atoms with Gasteiger partial charge in [0.15, 0.2) is 0 Å². The summed E-state index contributed by atoms with van der Waals surface area (Å²) in [5.74, 6) is 0.984. The fourth-order valence-corrected chi connectivity index (χ4v) is 6.74. The van der Waals surface area contributed by atoms with Crippen LogP contribution in [0.2, 0.25) is 0 Å². The summed E-state index contributed by atoms with van der Waals surface area (Å²) in [4.78, 5) is 15.5. The largest absolute Gasteiger partial charge is 0.497 e. The SMILES string of the molecule is COc1ccc2c(c1)[C@]1(C[C@H]1c1ccc3c(C=Cc4cccc(CN5C[C@@H](C)O[C@@H](C)C5)c4)n[nH]c3c1)C(=O)N2. The number of methoxy groups -OCH3 is 1. The molecule has 7 rings (SSSR count). The molecule has 2 aliphatic heterocycles. The molecule has 0 bridgehead atoms. The summed E-state index contributed by atoms with van der Waals surface area (Å²) in [7, 11) is 1.66. The number of fused-ring (bicyclic) bond motifs is 3. The number of H-pyrrole nitrogens is 1. The number of ether oxygens (including phenoxy) is 2. The van der Waals surface area contributed by atoms with Crippen molar-refractivity contribution in [3.63, 3.8) is 0 Å². The summed E-state index contributed by atoms with van der Waals surface area (Å²) in [6.45, 7) is 7.12. The zero-order chi connectivity index (χ0) is 27.4. The topological polar surface area (TPSA) is 79.5 Å². The highest BCUT2D eigenvalue weighted by molar-refractivity contribution is 6.10. The Bertz CT molecular complexity index is 1630. The van der Waals surface area contributed by atoms with Gasteiger partial charge < -0.3 is 14.8 Å². The Labute approximate surface area is 234 Å². The zero-order valence-corrected chi connectivity index (χ0v) is 23.1. The van der Waals surface area contributed by atoms with Gasteiger partial charge in [-0.25, -0.2) is 0 Å². The molecule has 2 N–H and O–H groups in total. The van der Waals surface area contributed by atoms with Crippen molar-refractivity contribution >= 4 is 34.6 Å². The van der Waals surface area contributed by atoms with E-state index in [0.29, 0.717) is 0 Å². The smallest absolute Gasteiger partial charge is 0.235 e. The van der Waals surface area contributed by atoms with Crippen LogP contribution in [0.5, 0.6) is 5.75 Å². The number of benzene rings is 3. The maximum absolute atomic E-state index is 13.1. The van der Waals surface area contributed by atoms with Crippen LogP contribution in [0.4, 0.5) is 5.69 Å². The van der Waals surface area contributed by atoms with Gasteiger partial charge in [0, 0.05) is 36.6 Å². The van der Waals surface area contributed by atoms with Gasteiger partial charge in [0.05, 0.1) is 35.9 Å². The van der Waals surface area contributed by atoms with Crippen molar-refractivity contribution in [1.82, 2.24) is 15.1 Å². The molecule has 7 heteroatoms. The highest BCUT2D eigenvalue weighted by Gasteiger charge is 2.65. The number of nitrogens with zero attached hydrogens (tertiary/aromatic N) is 2. The van der Waals surface area contributed by atoms with Crippen LogP contribution in [0.3, 0.4) is 0 Å². The van der Waals surface area contributed by atoms with Crippen molar-refractivity contribution < 1.29 is 14.3 Å². The molecule has 204 valence electrons. The molecular formula is C33H34N4O3. The van der Waals surface area contributed by atoms with Gasteiger partial charge >= 0.3 is 0 Å². The lowest BCUT2D eigenvalue weighted by Gasteiger charge is -2.35. The van der Waals surface area contributed by atoms with Crippen LogP contribution < -0.4 is 10.1 Å². The van der Waals surface area contributed by atoms with E-state index in [4.69, 9.17) is 9.47 Å². The van der Waals surface area contributed by atoms with Crippen molar-refractivity contribution in [3.05, 3.63) is 88.6 Å². The van der Waals surface area contributed by atoms with Crippen molar-refractivity contribution in [2.24, 2.45) is 0 Å². The number of aromatic nitrogens is 2. The lowest BCUT2D eigenvalue weighted by Crippen LogP contribution is -2.44. The van der Waals surface area contributed by atoms with Gasteiger partial charge in [-0.05, 0) is 72.9 Å². The van der Waals surface area contributed by atoms with Gasteiger partial charge in [-0.15, -0.1) is 0 Å². The molecule has 2 fully saturated rings. The van der Waals surface area contributed by atoms with Gasteiger partial charge in [-0.3, -0.25) is 14.8 Å². The predicted octanol–water partition coefficient (Wildman–Crippen LogP) is 5.73. The van der Waals surface area contributed by atoms with Crippen LogP contribution in [-0.4, -0.2) is 53.4 Å². The molecule has 1 aliphatic carbocycles. The molecule has 3 heterocycles. The standard InChI is InChI=1S/C33H34N4O3/c1-20-17-37(18-21(2)40-20)19-23-6-4-5-22(13-23)7-11-29-26-10-8-24(14-31(26)36-35-29)28-16-33(28)27-15-25(39-3)9-12-30(27)34-32(33)38/h4-15,20-21,28H,16-19H2,1-3H3,(H,34,38)(H,35,36)/t20-,21+,28-,33-/m0/s1. The number of amides is 1. The Balaban J connectivity index is 1.09. The van der Waals surface area contributed by atoms with E-state index >= 15 is 0 Å². The molecule has 1 aromatic heterocycles. The lowest BCUT2D eigenvalue weighted by atomic mass is 9.91. The number of carbonyl (C=O) groups is 1. The van der Waals surface area contributed by atoms with E-state index in [1.165, 1.54) is 5.56 Å². The summed E-state index contributed by atoms with van der Waals surface area (Å²) in [5, 5.41) is 11.9. The van der Waals surface area contributed by atoms with Gasteiger partial charge in [0.2, 0.25) is 5.91 Å². The van der Waals surface area contributed by atoms with E-state index in [9.17, 15) is 4.79 Å². The van der Waals surface area contributed by atoms with E-state index in [2.05, 4.69) is 88.9 Å². The van der Waals surface area contributed by atoms with Crippen LogP contribution in [0, 0.1) is 0 Å². The first kappa shape index (κ1) is 25.1. The fourth-order valence-electron chi connectivity index (χ4n) is 6.74. The summed E-state index contributed by atoms with van der Waals surface area (Å²) in [5.41, 5.74) is 6.90. The van der Waals surface area contributed by atoms with Crippen molar-refractivity contribution in [1.29, 1.82) is 0 Å². The van der Waals surface area contributed by atoms with Crippen molar-refractivity contribution in [2.75, 3.05) is 25.5 Å². The summed E-state index contributed by atoms with van der Waals surface area (Å²) in [6, 6.07) is 20.9. The van der Waals surface area contributed by atoms with E-state index < -0.39 is 5.41 Å². The number of aromatic amines is 1. The second-order valence-electron chi connectivity index (χ2n) is 11.5. The number of hydrogen-bond acceptors (Lipinski definition) is 5. The second-order valence-corrected chi connectivity index (χ2v) is 11.5. The van der Waals surface area contributed by atoms with Gasteiger partial charge in [-0.1, -0.05) is 42.5 Å². The Morgan fingerprint density at radius 3 is 2.75 bits per heavy atom. The predicted molar refractivity (Wildman–Crippen MR) is 157 cm³/mol. The Morgan fingerprint density at radius 1 is 1.07 bits per heavy atom. The van der Waals surface area contributed by atoms with E-state index in [0.717, 1.165) is 70.8 Å². The highest BCUT2D eigenvalue weighted by atomic mass is 16.5. The number of anilines is 1. The summed E-state index contributed by atoms with van der Waals surface area (Å²) < 4.78 is 11.3. The number of rotatable bonds is 6. The first-order valence-electron chi connectivity index (χ1n) is 14.1. The normalized spacial score (nSPS) is 26.0. The Hall–Kier alpha value is -3.94. The monoisotopic (exact) mass is 534 g/mol. The number of hydrogen-bond donors (Lipinski definition) is 2. The maximum atomic E-state index is 13.1. The van der Waals surface area contributed by atoms with E-state index in [1.807, 2.05) is 18.2 Å². The molecule has 1 saturated heterocycles. The third-order valence-electron chi connectivity index (χ3n) is 8.63. The van der Waals surface area contributed by atoms with Crippen molar-refractivity contribution in [3.8, 4) is 5.75 Å². The summed E-state index contributed by atoms with van der Waals surface area (Å²) in [6.07, 6.45) is 5.52. The number of carbonyl (C=O) groups excluding carboxylic acids is 1. The maximum Gasteiger partial charge on any atom is 0.235 e. The molecule has 1 saturated carbocycles. The van der Waals surface area contributed by atoms with Crippen LogP contribution in [0.25, 0.3) is 23.1 Å². The second kappa shape index (κ2) is 9.61. The van der Waals surface area contributed by atoms with E-state index in [-0.39, 0.29) is 24.0 Å². The van der Waals surface area contributed by atoms with Gasteiger partial charge in [0.25, 0.3) is 0 Å². The molecule has 1 amide bonds. The molecule has 1 spiro atoms. The first-order valence-corrected chi connectivity index (χ1v) is 14.1. The summed E-state index contributed by atoms with van der Waals surface area (Å²) >= 11 is 0. The minimum Gasteiger partial charge on any atom is -0.497 e. The first-order chi connectivity index (χ1) is 19.4. The fraction of sp³-hybridized carbons (Fsp3) is 0.333. The van der Waals surface area contributed by atoms with Gasteiger partial charge in [-0.2, -0.15) is 5.10 Å². The van der Waals surface area contributed by atoms with Crippen LogP contribution >= 0.6 is 0 Å². The zero-order valence-electron chi connectivity index (χ0n) is 23.1. The lowest BCUT2D eigenvalue weighted by molar-refractivity contribution is -0.118. The van der Waals surface area contributed by atoms with Gasteiger partial charge in [0.1, 0.15) is 5.75 Å². The molecule has 3 aliphatic rings. The molecule has 40 heavy (non-hydrogen) atoms. The molecule has 4 atom stereocenters. The molecule has 0 unspecified atom stereocenters. The average molecular weight is 535 g/mol. The number of morpholine rings is 1. The average Bonchev–Trinajstić information content (AvgIpc) is 3.48. The Morgan fingerprint density at radius 2 is 1.93 bits per heavy atom. The van der Waals surface area contributed by atoms with Crippen LogP contribution in [0.1, 0.15) is 54.1 Å². The quantitative estimate of drug-likeness (QED) is 0.330. The molecule has 3 aromatic carbocycles.